The average Bonchev–Trinajstić information content (AvgIpc) is 2.06. The standard InChI is InChI=1S/C11H19NO5.Li/c1-11(2,3)17-10(16)12-5-7(6-12)4-8(13)9(14)15;/h7-8,13H,4-6H2,1-3H3,(H,14,15);/q;+1/p-1. The molecule has 6 nitrogen and oxygen atoms in total. The number of hydrogen-bond donors (Lipinski definition) is 1. The molecule has 0 aliphatic carbocycles. The van der Waals surface area contributed by atoms with Crippen LogP contribution in [-0.2, 0) is 9.53 Å². The molecule has 1 N–H and O–H groups in total. The van der Waals surface area contributed by atoms with Crippen LogP contribution in [0, 0.1) is 5.92 Å². The summed E-state index contributed by atoms with van der Waals surface area (Å²) in [5, 5.41) is 19.4. The van der Waals surface area contributed by atoms with E-state index < -0.39 is 23.8 Å². The van der Waals surface area contributed by atoms with Crippen molar-refractivity contribution in [3.05, 3.63) is 0 Å². The van der Waals surface area contributed by atoms with Crippen molar-refractivity contribution in [3.8, 4) is 0 Å². The zero-order valence-corrected chi connectivity index (χ0v) is 11.3. The quantitative estimate of drug-likeness (QED) is 0.523. The molecule has 1 aliphatic heterocycles. The molecule has 1 rings (SSSR count). The van der Waals surface area contributed by atoms with Crippen molar-refractivity contribution in [1.82, 2.24) is 4.90 Å². The number of rotatable bonds is 3. The van der Waals surface area contributed by atoms with E-state index in [0.29, 0.717) is 13.1 Å². The van der Waals surface area contributed by atoms with Gasteiger partial charge in [-0.3, -0.25) is 0 Å². The van der Waals surface area contributed by atoms with Gasteiger partial charge in [-0.05, 0) is 33.1 Å². The van der Waals surface area contributed by atoms with Gasteiger partial charge in [0.25, 0.3) is 0 Å². The predicted molar refractivity (Wildman–Crippen MR) is 56.9 cm³/mol. The molecule has 0 spiro atoms. The third-order valence-corrected chi connectivity index (χ3v) is 2.44. The van der Waals surface area contributed by atoms with Crippen LogP contribution in [0.4, 0.5) is 4.79 Å². The van der Waals surface area contributed by atoms with Crippen molar-refractivity contribution in [2.45, 2.75) is 38.9 Å². The number of amides is 1. The van der Waals surface area contributed by atoms with Crippen molar-refractivity contribution in [1.29, 1.82) is 0 Å². The minimum Gasteiger partial charge on any atom is -0.547 e. The van der Waals surface area contributed by atoms with Crippen molar-refractivity contribution >= 4 is 12.1 Å². The number of aliphatic carboxylic acids is 1. The van der Waals surface area contributed by atoms with E-state index in [-0.39, 0.29) is 31.2 Å². The molecular formula is C11H18LiNO5. The fourth-order valence-electron chi connectivity index (χ4n) is 1.61. The molecule has 1 amide bonds. The van der Waals surface area contributed by atoms with E-state index in [1.54, 1.807) is 20.8 Å². The third kappa shape index (κ3) is 5.30. The molecule has 1 heterocycles. The van der Waals surface area contributed by atoms with E-state index in [1.165, 1.54) is 4.90 Å². The molecule has 7 heteroatoms. The first-order valence-corrected chi connectivity index (χ1v) is 5.56. The Hall–Kier alpha value is -0.703. The van der Waals surface area contributed by atoms with Crippen LogP contribution in [-0.4, -0.2) is 46.9 Å². The van der Waals surface area contributed by atoms with Gasteiger partial charge >= 0.3 is 25.0 Å². The number of ether oxygens (including phenoxy) is 1. The second kappa shape index (κ2) is 6.46. The van der Waals surface area contributed by atoms with Crippen LogP contribution in [0.15, 0.2) is 0 Å². The van der Waals surface area contributed by atoms with Gasteiger partial charge in [0.2, 0.25) is 0 Å². The summed E-state index contributed by atoms with van der Waals surface area (Å²) < 4.78 is 5.14. The van der Waals surface area contributed by atoms with E-state index in [2.05, 4.69) is 0 Å². The molecule has 18 heavy (non-hydrogen) atoms. The summed E-state index contributed by atoms with van der Waals surface area (Å²) in [4.78, 5) is 23.3. The molecule has 0 aromatic carbocycles. The van der Waals surface area contributed by atoms with Crippen molar-refractivity contribution in [3.63, 3.8) is 0 Å². The summed E-state index contributed by atoms with van der Waals surface area (Å²) in [6.45, 7) is 6.17. The number of hydrogen-bond acceptors (Lipinski definition) is 5. The van der Waals surface area contributed by atoms with Gasteiger partial charge in [-0.25, -0.2) is 4.79 Å². The van der Waals surface area contributed by atoms with Gasteiger partial charge in [0.05, 0.1) is 12.1 Å². The van der Waals surface area contributed by atoms with E-state index in [0.717, 1.165) is 0 Å². The molecular weight excluding hydrogens is 233 g/mol. The molecule has 0 aromatic rings. The molecule has 0 bridgehead atoms. The second-order valence-electron chi connectivity index (χ2n) is 5.32. The average molecular weight is 251 g/mol. The Kier molecular flexibility index (Phi) is 6.21. The molecule has 0 radical (unpaired) electrons. The number of nitrogens with zero attached hydrogens (tertiary/aromatic N) is 1. The van der Waals surface area contributed by atoms with E-state index >= 15 is 0 Å². The minimum atomic E-state index is -1.47. The van der Waals surface area contributed by atoms with Crippen LogP contribution < -0.4 is 24.0 Å². The summed E-state index contributed by atoms with van der Waals surface area (Å²) >= 11 is 0. The molecule has 1 unspecified atom stereocenters. The number of carboxylic acids is 1. The topological polar surface area (TPSA) is 89.9 Å². The first-order valence-electron chi connectivity index (χ1n) is 5.56. The zero-order chi connectivity index (χ0) is 13.2. The van der Waals surface area contributed by atoms with Gasteiger partial charge in [-0.2, -0.15) is 0 Å². The van der Waals surface area contributed by atoms with Crippen LogP contribution in [0.3, 0.4) is 0 Å². The summed E-state index contributed by atoms with van der Waals surface area (Å²) in [6.07, 6.45) is -1.75. The zero-order valence-electron chi connectivity index (χ0n) is 11.3. The largest absolute Gasteiger partial charge is 1.00 e. The number of likely N-dealkylation sites (tertiary alicyclic amines) is 1. The summed E-state index contributed by atoms with van der Waals surface area (Å²) in [7, 11) is 0. The Morgan fingerprint density at radius 3 is 2.33 bits per heavy atom. The Morgan fingerprint density at radius 1 is 1.44 bits per heavy atom. The second-order valence-corrected chi connectivity index (χ2v) is 5.32. The SMILES string of the molecule is CC(C)(C)OC(=O)N1CC(CC(O)C(=O)[O-])C1.[Li+]. The number of aliphatic hydroxyl groups is 1. The Labute approximate surface area is 118 Å². The first kappa shape index (κ1) is 17.3. The van der Waals surface area contributed by atoms with E-state index in [1.807, 2.05) is 0 Å². The third-order valence-electron chi connectivity index (χ3n) is 2.44. The van der Waals surface area contributed by atoms with Gasteiger partial charge in [-0.15, -0.1) is 0 Å². The normalized spacial score (nSPS) is 17.4. The number of carboxylic acid groups (broad SMARTS) is 1. The fourth-order valence-corrected chi connectivity index (χ4v) is 1.61. The van der Waals surface area contributed by atoms with Gasteiger partial charge in [0.15, 0.2) is 0 Å². The monoisotopic (exact) mass is 251 g/mol. The maximum Gasteiger partial charge on any atom is 1.00 e. The van der Waals surface area contributed by atoms with Crippen molar-refractivity contribution < 1.29 is 43.4 Å². The van der Waals surface area contributed by atoms with Crippen LogP contribution in [0.2, 0.25) is 0 Å². The summed E-state index contributed by atoms with van der Waals surface area (Å²) in [5.41, 5.74) is -0.535. The number of carbonyl (C=O) groups is 2. The Balaban J connectivity index is 0.00000289. The maximum absolute atomic E-state index is 11.5. The summed E-state index contributed by atoms with van der Waals surface area (Å²) in [5.74, 6) is -1.48. The smallest absolute Gasteiger partial charge is 0.547 e. The molecule has 0 aromatic heterocycles. The number of aliphatic hydroxyl groups excluding tert-OH is 1. The number of carbonyl (C=O) groups excluding carboxylic acids is 2. The van der Waals surface area contributed by atoms with Crippen LogP contribution in [0.1, 0.15) is 27.2 Å². The van der Waals surface area contributed by atoms with Crippen molar-refractivity contribution in [2.75, 3.05) is 13.1 Å². The minimum absolute atomic E-state index is 0. The van der Waals surface area contributed by atoms with Gasteiger partial charge < -0.3 is 24.6 Å². The predicted octanol–water partition coefficient (Wildman–Crippen LogP) is -3.64. The van der Waals surface area contributed by atoms with Gasteiger partial charge in [0, 0.05) is 13.1 Å². The molecule has 98 valence electrons. The molecule has 0 saturated carbocycles. The van der Waals surface area contributed by atoms with E-state index in [4.69, 9.17) is 9.84 Å². The van der Waals surface area contributed by atoms with Crippen LogP contribution in [0.25, 0.3) is 0 Å². The van der Waals surface area contributed by atoms with Gasteiger partial charge in [-0.1, -0.05) is 0 Å². The first-order chi connectivity index (χ1) is 7.69. The van der Waals surface area contributed by atoms with E-state index in [9.17, 15) is 14.7 Å². The van der Waals surface area contributed by atoms with Gasteiger partial charge in [0.1, 0.15) is 5.60 Å². The molecule has 1 saturated heterocycles. The fraction of sp³-hybridized carbons (Fsp3) is 0.818. The Bertz CT molecular complexity index is 309. The summed E-state index contributed by atoms with van der Waals surface area (Å²) in [6, 6.07) is 0. The maximum atomic E-state index is 11.5. The Morgan fingerprint density at radius 2 is 1.94 bits per heavy atom. The van der Waals surface area contributed by atoms with Crippen molar-refractivity contribution in [2.24, 2.45) is 5.92 Å². The molecule has 1 fully saturated rings. The van der Waals surface area contributed by atoms with Crippen LogP contribution >= 0.6 is 0 Å². The van der Waals surface area contributed by atoms with Crippen LogP contribution in [0.5, 0.6) is 0 Å². The molecule has 1 aliphatic rings. The molecule has 1 atom stereocenters.